The van der Waals surface area contributed by atoms with Crippen LogP contribution in [0.2, 0.25) is 0 Å². The molecule has 2 aliphatic rings. The molecule has 3 rings (SSSR count). The molecule has 1 atom stereocenters. The van der Waals surface area contributed by atoms with E-state index in [1.807, 2.05) is 24.3 Å². The van der Waals surface area contributed by atoms with Gasteiger partial charge in [-0.05, 0) is 17.5 Å². The first-order valence-corrected chi connectivity index (χ1v) is 7.37. The zero-order valence-corrected chi connectivity index (χ0v) is 12.4. The van der Waals surface area contributed by atoms with Crippen LogP contribution in [0.5, 0.6) is 0 Å². The van der Waals surface area contributed by atoms with Crippen molar-refractivity contribution in [2.45, 2.75) is 31.8 Å². The molecule has 22 heavy (non-hydrogen) atoms. The summed E-state index contributed by atoms with van der Waals surface area (Å²) in [6.45, 7) is 0.731. The number of nitrogens with zero attached hydrogens (tertiary/aromatic N) is 2. The van der Waals surface area contributed by atoms with E-state index >= 15 is 0 Å². The highest BCUT2D eigenvalue weighted by Crippen LogP contribution is 2.30. The monoisotopic (exact) mass is 302 g/mol. The van der Waals surface area contributed by atoms with Gasteiger partial charge in [-0.1, -0.05) is 24.3 Å². The first-order valence-electron chi connectivity index (χ1n) is 7.37. The number of fused-ring (bicyclic) bond motifs is 2. The van der Waals surface area contributed by atoms with E-state index < -0.39 is 6.04 Å². The molecule has 0 saturated carbocycles. The first-order chi connectivity index (χ1) is 10.6. The molecule has 6 nitrogen and oxygen atoms in total. The van der Waals surface area contributed by atoms with Crippen molar-refractivity contribution in [1.29, 1.82) is 0 Å². The lowest BCUT2D eigenvalue weighted by molar-refractivity contribution is -0.141. The average molecular weight is 302 g/mol. The maximum atomic E-state index is 12.5. The van der Waals surface area contributed by atoms with Crippen LogP contribution in [0.1, 0.15) is 24.0 Å². The summed E-state index contributed by atoms with van der Waals surface area (Å²) in [5.41, 5.74) is 2.22. The van der Waals surface area contributed by atoms with E-state index in [1.54, 1.807) is 4.90 Å². The fraction of sp³-hybridized carbons (Fsp3) is 0.438. The molecule has 3 amide bonds. The maximum absolute atomic E-state index is 12.5. The van der Waals surface area contributed by atoms with Gasteiger partial charge in [0.1, 0.15) is 6.04 Å². The highest BCUT2D eigenvalue weighted by atomic mass is 16.5. The van der Waals surface area contributed by atoms with Crippen LogP contribution in [0.4, 0.5) is 4.79 Å². The van der Waals surface area contributed by atoms with Crippen LogP contribution in [0.25, 0.3) is 0 Å². The van der Waals surface area contributed by atoms with Crippen LogP contribution >= 0.6 is 0 Å². The Labute approximate surface area is 128 Å². The molecule has 0 aromatic heterocycles. The predicted molar refractivity (Wildman–Crippen MR) is 77.8 cm³/mol. The Hall–Kier alpha value is -2.37. The van der Waals surface area contributed by atoms with Gasteiger partial charge in [0.05, 0.1) is 7.11 Å². The summed E-state index contributed by atoms with van der Waals surface area (Å²) in [5, 5.41) is 0. The molecule has 6 heteroatoms. The predicted octanol–water partition coefficient (Wildman–Crippen LogP) is 1.33. The number of imide groups is 1. The third kappa shape index (κ3) is 2.45. The molecule has 116 valence electrons. The molecule has 1 fully saturated rings. The van der Waals surface area contributed by atoms with Crippen molar-refractivity contribution in [3.63, 3.8) is 0 Å². The Morgan fingerprint density at radius 1 is 1.27 bits per heavy atom. The molecule has 1 aromatic carbocycles. The van der Waals surface area contributed by atoms with E-state index in [2.05, 4.69) is 4.74 Å². The summed E-state index contributed by atoms with van der Waals surface area (Å²) in [4.78, 5) is 38.9. The van der Waals surface area contributed by atoms with Gasteiger partial charge >= 0.3 is 12.0 Å². The van der Waals surface area contributed by atoms with Crippen LogP contribution in [-0.2, 0) is 27.3 Å². The Bertz CT molecular complexity index is 585. The highest BCUT2D eigenvalue weighted by molar-refractivity contribution is 6.04. The third-order valence-corrected chi connectivity index (χ3v) is 4.27. The Balaban J connectivity index is 1.70. The molecule has 2 aliphatic heterocycles. The molecule has 1 saturated heterocycles. The minimum atomic E-state index is -0.402. The van der Waals surface area contributed by atoms with Gasteiger partial charge in [0.2, 0.25) is 0 Å². The maximum Gasteiger partial charge on any atom is 0.327 e. The van der Waals surface area contributed by atoms with E-state index in [-0.39, 0.29) is 30.9 Å². The van der Waals surface area contributed by atoms with Crippen molar-refractivity contribution >= 4 is 17.9 Å². The van der Waals surface area contributed by atoms with Gasteiger partial charge in [0, 0.05) is 25.9 Å². The SMILES string of the molecule is COC(=O)CCCN1C(=O)[C@H]2Cc3ccccc3CN2C1=O. The summed E-state index contributed by atoms with van der Waals surface area (Å²) in [6.07, 6.45) is 1.20. The highest BCUT2D eigenvalue weighted by Gasteiger charge is 2.46. The standard InChI is InChI=1S/C16H18N2O4/c1-22-14(19)7-4-8-17-15(20)13-9-11-5-2-3-6-12(11)10-18(13)16(17)21/h2-3,5-6,13H,4,7-10H2,1H3/t13-/m1/s1. The van der Waals surface area contributed by atoms with Crippen LogP contribution in [-0.4, -0.2) is 47.4 Å². The molecule has 0 N–H and O–H groups in total. The number of urea groups is 1. The Kier molecular flexibility index (Phi) is 3.83. The van der Waals surface area contributed by atoms with Gasteiger partial charge in [-0.3, -0.25) is 14.5 Å². The van der Waals surface area contributed by atoms with E-state index in [9.17, 15) is 14.4 Å². The number of hydrogen-bond acceptors (Lipinski definition) is 4. The molecule has 0 unspecified atom stereocenters. The van der Waals surface area contributed by atoms with Crippen molar-refractivity contribution in [1.82, 2.24) is 9.80 Å². The Morgan fingerprint density at radius 2 is 2.00 bits per heavy atom. The van der Waals surface area contributed by atoms with Crippen molar-refractivity contribution in [2.24, 2.45) is 0 Å². The molecule has 0 bridgehead atoms. The van der Waals surface area contributed by atoms with Gasteiger partial charge in [0.25, 0.3) is 5.91 Å². The number of amides is 3. The number of carbonyl (C=O) groups excluding carboxylic acids is 3. The summed E-state index contributed by atoms with van der Waals surface area (Å²) in [5.74, 6) is -0.492. The van der Waals surface area contributed by atoms with Crippen molar-refractivity contribution < 1.29 is 19.1 Å². The van der Waals surface area contributed by atoms with Gasteiger partial charge in [-0.2, -0.15) is 0 Å². The summed E-state index contributed by atoms with van der Waals surface area (Å²) < 4.78 is 4.57. The quantitative estimate of drug-likeness (QED) is 0.621. The minimum absolute atomic E-state index is 0.163. The number of methoxy groups -OCH3 is 1. The number of esters is 1. The van der Waals surface area contributed by atoms with Gasteiger partial charge in [0.15, 0.2) is 0 Å². The first kappa shape index (κ1) is 14.6. The van der Waals surface area contributed by atoms with Gasteiger partial charge in [-0.25, -0.2) is 4.79 Å². The zero-order valence-electron chi connectivity index (χ0n) is 12.4. The number of ether oxygens (including phenoxy) is 1. The van der Waals surface area contributed by atoms with Crippen molar-refractivity contribution in [3.8, 4) is 0 Å². The number of carbonyl (C=O) groups is 3. The second-order valence-electron chi connectivity index (χ2n) is 5.57. The second-order valence-corrected chi connectivity index (χ2v) is 5.57. The van der Waals surface area contributed by atoms with Gasteiger partial charge in [-0.15, -0.1) is 0 Å². The zero-order chi connectivity index (χ0) is 15.7. The molecule has 0 spiro atoms. The fourth-order valence-electron chi connectivity index (χ4n) is 3.06. The van der Waals surface area contributed by atoms with Crippen molar-refractivity contribution in [2.75, 3.05) is 13.7 Å². The molecule has 0 radical (unpaired) electrons. The lowest BCUT2D eigenvalue weighted by atomic mass is 9.95. The van der Waals surface area contributed by atoms with Crippen molar-refractivity contribution in [3.05, 3.63) is 35.4 Å². The van der Waals surface area contributed by atoms with Crippen LogP contribution in [0, 0.1) is 0 Å². The number of rotatable bonds is 4. The normalized spacial score (nSPS) is 20.0. The van der Waals surface area contributed by atoms with E-state index in [4.69, 9.17) is 0 Å². The summed E-state index contributed by atoms with van der Waals surface area (Å²) in [6, 6.07) is 7.22. The Morgan fingerprint density at radius 3 is 2.73 bits per heavy atom. The summed E-state index contributed by atoms with van der Waals surface area (Å²) in [7, 11) is 1.33. The fourth-order valence-corrected chi connectivity index (χ4v) is 3.06. The minimum Gasteiger partial charge on any atom is -0.469 e. The smallest absolute Gasteiger partial charge is 0.327 e. The molecule has 2 heterocycles. The van der Waals surface area contributed by atoms with Crippen LogP contribution in [0.3, 0.4) is 0 Å². The number of benzene rings is 1. The lowest BCUT2D eigenvalue weighted by Gasteiger charge is -2.28. The van der Waals surface area contributed by atoms with Crippen LogP contribution in [0.15, 0.2) is 24.3 Å². The van der Waals surface area contributed by atoms with Crippen LogP contribution < -0.4 is 0 Å². The molecular weight excluding hydrogens is 284 g/mol. The molecular formula is C16H18N2O4. The molecule has 1 aromatic rings. The van der Waals surface area contributed by atoms with E-state index in [1.165, 1.54) is 12.0 Å². The average Bonchev–Trinajstić information content (AvgIpc) is 2.77. The molecule has 0 aliphatic carbocycles. The lowest BCUT2D eigenvalue weighted by Crippen LogP contribution is -2.39. The summed E-state index contributed by atoms with van der Waals surface area (Å²) >= 11 is 0. The second kappa shape index (κ2) is 5.79. The van der Waals surface area contributed by atoms with Gasteiger partial charge < -0.3 is 9.64 Å². The topological polar surface area (TPSA) is 66.9 Å². The number of hydrogen-bond donors (Lipinski definition) is 0. The third-order valence-electron chi connectivity index (χ3n) is 4.27. The largest absolute Gasteiger partial charge is 0.469 e. The van der Waals surface area contributed by atoms with E-state index in [0.717, 1.165) is 11.1 Å². The van der Waals surface area contributed by atoms with E-state index in [0.29, 0.717) is 19.4 Å².